The monoisotopic (exact) mass is 264 g/mol. The minimum Gasteiger partial charge on any atom is -0.252 e. The van der Waals surface area contributed by atoms with Gasteiger partial charge in [0.1, 0.15) is 15.0 Å². The largest absolute Gasteiger partial charge is 0.252 e. The van der Waals surface area contributed by atoms with E-state index in [1.165, 1.54) is 6.26 Å². The lowest BCUT2D eigenvalue weighted by Crippen LogP contribution is -2.12. The molecule has 4 nitrogen and oxygen atoms in total. The van der Waals surface area contributed by atoms with E-state index in [1.807, 2.05) is 20.8 Å². The smallest absolute Gasteiger partial charge is 0.149 e. The predicted molar refractivity (Wildman–Crippen MR) is 65.8 cm³/mol. The summed E-state index contributed by atoms with van der Waals surface area (Å²) < 4.78 is 23.7. The second-order valence-corrected chi connectivity index (χ2v) is 6.92. The van der Waals surface area contributed by atoms with Gasteiger partial charge in [0, 0.05) is 11.8 Å². The molecular weight excluding hydrogens is 248 g/mol. The second-order valence-electron chi connectivity index (χ2n) is 4.30. The Morgan fingerprint density at radius 3 is 2.38 bits per heavy atom. The molecule has 16 heavy (non-hydrogen) atoms. The van der Waals surface area contributed by atoms with Gasteiger partial charge in [-0.3, -0.25) is 4.68 Å². The Balaban J connectivity index is 2.95. The first-order valence-corrected chi connectivity index (χ1v) is 7.56. The summed E-state index contributed by atoms with van der Waals surface area (Å²) in [5, 5.41) is 4.81. The highest BCUT2D eigenvalue weighted by molar-refractivity contribution is 7.90. The Labute approximate surface area is 102 Å². The summed E-state index contributed by atoms with van der Waals surface area (Å²) in [4.78, 5) is 0. The number of halogens is 1. The van der Waals surface area contributed by atoms with Gasteiger partial charge >= 0.3 is 0 Å². The average molecular weight is 265 g/mol. The maximum atomic E-state index is 11.1. The van der Waals surface area contributed by atoms with E-state index < -0.39 is 9.84 Å². The zero-order valence-electron chi connectivity index (χ0n) is 9.99. The normalized spacial score (nSPS) is 12.4. The SMILES string of the molecule is Cc1nn(CCS(C)(=O)=O)c(Cl)c1C(C)C. The van der Waals surface area contributed by atoms with E-state index in [0.717, 1.165) is 11.3 Å². The van der Waals surface area contributed by atoms with Crippen molar-refractivity contribution in [3.8, 4) is 0 Å². The number of aromatic nitrogens is 2. The highest BCUT2D eigenvalue weighted by Crippen LogP contribution is 2.27. The van der Waals surface area contributed by atoms with E-state index in [4.69, 9.17) is 11.6 Å². The van der Waals surface area contributed by atoms with Crippen molar-refractivity contribution in [2.75, 3.05) is 12.0 Å². The molecule has 0 aliphatic carbocycles. The van der Waals surface area contributed by atoms with Gasteiger partial charge in [-0.1, -0.05) is 25.4 Å². The van der Waals surface area contributed by atoms with Crippen LogP contribution in [-0.4, -0.2) is 30.2 Å². The molecule has 1 heterocycles. The first kappa shape index (κ1) is 13.5. The Morgan fingerprint density at radius 2 is 2.00 bits per heavy atom. The molecule has 0 saturated carbocycles. The van der Waals surface area contributed by atoms with Crippen molar-refractivity contribution in [2.24, 2.45) is 0 Å². The zero-order chi connectivity index (χ0) is 12.5. The van der Waals surface area contributed by atoms with Gasteiger partial charge in [-0.2, -0.15) is 5.10 Å². The Morgan fingerprint density at radius 1 is 1.44 bits per heavy atom. The highest BCUT2D eigenvalue weighted by Gasteiger charge is 2.16. The molecule has 1 rings (SSSR count). The van der Waals surface area contributed by atoms with Gasteiger partial charge in [-0.25, -0.2) is 8.42 Å². The number of nitrogens with zero attached hydrogens (tertiary/aromatic N) is 2. The molecule has 1 aromatic rings. The summed E-state index contributed by atoms with van der Waals surface area (Å²) >= 11 is 6.16. The van der Waals surface area contributed by atoms with Crippen LogP contribution in [0.1, 0.15) is 31.0 Å². The highest BCUT2D eigenvalue weighted by atomic mass is 35.5. The third-order valence-electron chi connectivity index (χ3n) is 2.36. The van der Waals surface area contributed by atoms with Crippen LogP contribution in [0.15, 0.2) is 0 Å². The molecule has 0 aliphatic heterocycles. The van der Waals surface area contributed by atoms with Crippen LogP contribution >= 0.6 is 11.6 Å². The van der Waals surface area contributed by atoms with Crippen molar-refractivity contribution < 1.29 is 8.42 Å². The van der Waals surface area contributed by atoms with Crippen molar-refractivity contribution in [2.45, 2.75) is 33.2 Å². The molecule has 6 heteroatoms. The van der Waals surface area contributed by atoms with E-state index in [2.05, 4.69) is 5.10 Å². The van der Waals surface area contributed by atoms with E-state index in [-0.39, 0.29) is 5.75 Å². The Bertz CT molecular complexity index is 477. The third kappa shape index (κ3) is 3.22. The molecule has 0 aliphatic rings. The van der Waals surface area contributed by atoms with Gasteiger partial charge < -0.3 is 0 Å². The average Bonchev–Trinajstić information content (AvgIpc) is 2.36. The predicted octanol–water partition coefficient (Wildman–Crippen LogP) is 2.01. The fraction of sp³-hybridized carbons (Fsp3) is 0.700. The summed E-state index contributed by atoms with van der Waals surface area (Å²) in [6, 6.07) is 0. The number of rotatable bonds is 4. The first-order chi connectivity index (χ1) is 7.22. The van der Waals surface area contributed by atoms with Gasteiger partial charge in [0.15, 0.2) is 0 Å². The van der Waals surface area contributed by atoms with E-state index in [9.17, 15) is 8.42 Å². The molecule has 0 spiro atoms. The van der Waals surface area contributed by atoms with Crippen LogP contribution < -0.4 is 0 Å². The second kappa shape index (κ2) is 4.75. The van der Waals surface area contributed by atoms with Crippen molar-refractivity contribution >= 4 is 21.4 Å². The van der Waals surface area contributed by atoms with Gasteiger partial charge in [0.25, 0.3) is 0 Å². The number of hydrogen-bond acceptors (Lipinski definition) is 3. The van der Waals surface area contributed by atoms with E-state index in [0.29, 0.717) is 17.6 Å². The summed E-state index contributed by atoms with van der Waals surface area (Å²) in [6.45, 7) is 6.27. The third-order valence-corrected chi connectivity index (χ3v) is 3.68. The Kier molecular flexibility index (Phi) is 4.02. The van der Waals surface area contributed by atoms with Crippen LogP contribution in [0.4, 0.5) is 0 Å². The van der Waals surface area contributed by atoms with E-state index >= 15 is 0 Å². The van der Waals surface area contributed by atoms with Crippen molar-refractivity contribution in [1.29, 1.82) is 0 Å². The summed E-state index contributed by atoms with van der Waals surface area (Å²) in [5.74, 6) is 0.352. The van der Waals surface area contributed by atoms with Crippen molar-refractivity contribution in [1.82, 2.24) is 9.78 Å². The molecule has 0 atom stereocenters. The summed E-state index contributed by atoms with van der Waals surface area (Å²) in [6.07, 6.45) is 1.21. The molecule has 0 unspecified atom stereocenters. The van der Waals surface area contributed by atoms with Crippen LogP contribution in [0.5, 0.6) is 0 Å². The molecule has 0 saturated heterocycles. The molecule has 1 aromatic heterocycles. The fourth-order valence-electron chi connectivity index (χ4n) is 1.62. The molecule has 0 radical (unpaired) electrons. The first-order valence-electron chi connectivity index (χ1n) is 5.13. The fourth-order valence-corrected chi connectivity index (χ4v) is 2.61. The lowest BCUT2D eigenvalue weighted by Gasteiger charge is -2.05. The van der Waals surface area contributed by atoms with Gasteiger partial charge in [-0.05, 0) is 12.8 Å². The van der Waals surface area contributed by atoms with Crippen LogP contribution in [0.3, 0.4) is 0 Å². The maximum absolute atomic E-state index is 11.1. The molecule has 0 aromatic carbocycles. The lowest BCUT2D eigenvalue weighted by atomic mass is 10.1. The zero-order valence-corrected chi connectivity index (χ0v) is 11.6. The van der Waals surface area contributed by atoms with Gasteiger partial charge in [0.05, 0.1) is 18.0 Å². The summed E-state index contributed by atoms with van der Waals surface area (Å²) in [5.41, 5.74) is 1.86. The topological polar surface area (TPSA) is 52.0 Å². The standard InChI is InChI=1S/C10H17ClN2O2S/c1-7(2)9-8(3)12-13(10(9)11)5-6-16(4,14)15/h7H,5-6H2,1-4H3. The molecule has 92 valence electrons. The van der Waals surface area contributed by atoms with Gasteiger partial charge in [-0.15, -0.1) is 0 Å². The van der Waals surface area contributed by atoms with E-state index in [1.54, 1.807) is 4.68 Å². The molecule has 0 fully saturated rings. The minimum atomic E-state index is -2.98. The van der Waals surface area contributed by atoms with Crippen LogP contribution in [0.2, 0.25) is 5.15 Å². The van der Waals surface area contributed by atoms with Crippen LogP contribution in [0.25, 0.3) is 0 Å². The number of aryl methyl sites for hydroxylation is 2. The van der Waals surface area contributed by atoms with Crippen LogP contribution in [0, 0.1) is 6.92 Å². The molecular formula is C10H17ClN2O2S. The maximum Gasteiger partial charge on any atom is 0.149 e. The van der Waals surface area contributed by atoms with Crippen LogP contribution in [-0.2, 0) is 16.4 Å². The Hall–Kier alpha value is -0.550. The number of hydrogen-bond donors (Lipinski definition) is 0. The lowest BCUT2D eigenvalue weighted by molar-refractivity contribution is 0.585. The van der Waals surface area contributed by atoms with Crippen molar-refractivity contribution in [3.63, 3.8) is 0 Å². The molecule has 0 N–H and O–H groups in total. The van der Waals surface area contributed by atoms with Crippen molar-refractivity contribution in [3.05, 3.63) is 16.4 Å². The number of sulfone groups is 1. The van der Waals surface area contributed by atoms with Gasteiger partial charge in [0.2, 0.25) is 0 Å². The quantitative estimate of drug-likeness (QED) is 0.836. The molecule has 0 amide bonds. The summed E-state index contributed by atoms with van der Waals surface area (Å²) in [7, 11) is -2.98. The molecule has 0 bridgehead atoms. The minimum absolute atomic E-state index is 0.0609.